The molecule has 1 N–H and O–H groups in total. The maximum absolute atomic E-state index is 12.1. The van der Waals surface area contributed by atoms with Crippen molar-refractivity contribution < 1.29 is 8.87 Å². The number of rotatable bonds is 4. The molecule has 0 bridgehead atoms. The third kappa shape index (κ3) is 4.05. The van der Waals surface area contributed by atoms with E-state index in [1.54, 1.807) is 0 Å². The van der Waals surface area contributed by atoms with Crippen molar-refractivity contribution in [2.75, 3.05) is 40.9 Å². The second-order valence-electron chi connectivity index (χ2n) is 5.16. The SMILES string of the molecule is C[N+](C)(C)CC1CC(CCF)CN1. The van der Waals surface area contributed by atoms with Crippen LogP contribution < -0.4 is 5.32 Å². The fraction of sp³-hybridized carbons (Fsp3) is 1.00. The van der Waals surface area contributed by atoms with E-state index in [1.807, 2.05) is 0 Å². The van der Waals surface area contributed by atoms with Crippen molar-refractivity contribution in [1.82, 2.24) is 5.32 Å². The summed E-state index contributed by atoms with van der Waals surface area (Å²) in [6.07, 6.45) is 1.89. The van der Waals surface area contributed by atoms with Gasteiger partial charge >= 0.3 is 0 Å². The van der Waals surface area contributed by atoms with Gasteiger partial charge in [-0.05, 0) is 25.3 Å². The summed E-state index contributed by atoms with van der Waals surface area (Å²) >= 11 is 0. The predicted octanol–water partition coefficient (Wildman–Crippen LogP) is 1.03. The third-order valence-electron chi connectivity index (χ3n) is 2.60. The molecular weight excluding hydrogens is 167 g/mol. The van der Waals surface area contributed by atoms with Gasteiger partial charge in [0.25, 0.3) is 0 Å². The van der Waals surface area contributed by atoms with Gasteiger partial charge in [0, 0.05) is 0 Å². The second kappa shape index (κ2) is 4.38. The molecule has 0 amide bonds. The fourth-order valence-corrected chi connectivity index (χ4v) is 2.08. The van der Waals surface area contributed by atoms with Crippen LogP contribution >= 0.6 is 0 Å². The number of quaternary nitrogens is 1. The van der Waals surface area contributed by atoms with E-state index in [0.717, 1.165) is 30.4 Å². The van der Waals surface area contributed by atoms with E-state index in [1.165, 1.54) is 0 Å². The lowest BCUT2D eigenvalue weighted by atomic mass is 10.0. The Balaban J connectivity index is 2.25. The Labute approximate surface area is 80.7 Å². The molecule has 0 spiro atoms. The zero-order valence-electron chi connectivity index (χ0n) is 9.02. The first-order chi connectivity index (χ1) is 6.01. The first kappa shape index (κ1) is 10.9. The Morgan fingerprint density at radius 2 is 2.08 bits per heavy atom. The monoisotopic (exact) mass is 189 g/mol. The summed E-state index contributed by atoms with van der Waals surface area (Å²) in [5.74, 6) is 0.571. The highest BCUT2D eigenvalue weighted by Gasteiger charge is 2.27. The number of nitrogens with one attached hydrogen (secondary N) is 1. The van der Waals surface area contributed by atoms with E-state index in [0.29, 0.717) is 12.0 Å². The third-order valence-corrected chi connectivity index (χ3v) is 2.60. The molecule has 0 saturated carbocycles. The molecule has 0 aromatic rings. The summed E-state index contributed by atoms with van der Waals surface area (Å²) in [6, 6.07) is 0.594. The van der Waals surface area contributed by atoms with Crippen LogP contribution in [0.4, 0.5) is 4.39 Å². The highest BCUT2D eigenvalue weighted by Crippen LogP contribution is 2.18. The van der Waals surface area contributed by atoms with Gasteiger partial charge in [-0.25, -0.2) is 0 Å². The maximum Gasteiger partial charge on any atom is 0.0936 e. The van der Waals surface area contributed by atoms with Crippen molar-refractivity contribution in [3.8, 4) is 0 Å². The van der Waals surface area contributed by atoms with Crippen molar-refractivity contribution in [2.45, 2.75) is 18.9 Å². The van der Waals surface area contributed by atoms with Crippen LogP contribution in [0.15, 0.2) is 0 Å². The molecule has 2 atom stereocenters. The van der Waals surface area contributed by atoms with E-state index in [-0.39, 0.29) is 6.67 Å². The molecule has 78 valence electrons. The van der Waals surface area contributed by atoms with Crippen LogP contribution in [0.5, 0.6) is 0 Å². The van der Waals surface area contributed by atoms with Crippen LogP contribution in [-0.4, -0.2) is 51.4 Å². The molecular formula is C10H22FN2+. The van der Waals surface area contributed by atoms with Gasteiger partial charge in [0.2, 0.25) is 0 Å². The molecule has 13 heavy (non-hydrogen) atoms. The minimum absolute atomic E-state index is 0.163. The van der Waals surface area contributed by atoms with Crippen LogP contribution in [0.25, 0.3) is 0 Å². The highest BCUT2D eigenvalue weighted by molar-refractivity contribution is 4.81. The zero-order valence-corrected chi connectivity index (χ0v) is 9.02. The Kier molecular flexibility index (Phi) is 3.68. The Morgan fingerprint density at radius 3 is 2.62 bits per heavy atom. The minimum Gasteiger partial charge on any atom is -0.330 e. The summed E-state index contributed by atoms with van der Waals surface area (Å²) in [5, 5.41) is 3.47. The molecule has 1 fully saturated rings. The van der Waals surface area contributed by atoms with Gasteiger partial charge in [-0.15, -0.1) is 0 Å². The van der Waals surface area contributed by atoms with Crippen LogP contribution in [0.3, 0.4) is 0 Å². The number of hydrogen-bond donors (Lipinski definition) is 1. The van der Waals surface area contributed by atoms with Crippen LogP contribution in [-0.2, 0) is 0 Å². The maximum atomic E-state index is 12.1. The second-order valence-corrected chi connectivity index (χ2v) is 5.16. The van der Waals surface area contributed by atoms with Crippen molar-refractivity contribution in [3.05, 3.63) is 0 Å². The molecule has 1 rings (SSSR count). The molecule has 2 unspecified atom stereocenters. The topological polar surface area (TPSA) is 12.0 Å². The number of halogens is 1. The Bertz CT molecular complexity index is 153. The van der Waals surface area contributed by atoms with E-state index >= 15 is 0 Å². The minimum atomic E-state index is -0.163. The number of nitrogens with zero attached hydrogens (tertiary/aromatic N) is 1. The molecule has 0 aromatic heterocycles. The van der Waals surface area contributed by atoms with Crippen LogP contribution in [0.1, 0.15) is 12.8 Å². The van der Waals surface area contributed by atoms with Crippen molar-refractivity contribution >= 4 is 0 Å². The van der Waals surface area contributed by atoms with Gasteiger partial charge in [-0.3, -0.25) is 4.39 Å². The molecule has 1 heterocycles. The summed E-state index contributed by atoms with van der Waals surface area (Å²) in [7, 11) is 6.60. The average Bonchev–Trinajstić information content (AvgIpc) is 2.33. The van der Waals surface area contributed by atoms with Crippen LogP contribution in [0, 0.1) is 5.92 Å². The number of likely N-dealkylation sites (N-methyl/N-ethyl adjacent to an activating group) is 1. The van der Waals surface area contributed by atoms with Gasteiger partial charge in [0.15, 0.2) is 0 Å². The quantitative estimate of drug-likeness (QED) is 0.651. The summed E-state index contributed by atoms with van der Waals surface area (Å²) < 4.78 is 13.1. The predicted molar refractivity (Wildman–Crippen MR) is 53.4 cm³/mol. The number of hydrogen-bond acceptors (Lipinski definition) is 1. The largest absolute Gasteiger partial charge is 0.330 e. The summed E-state index contributed by atoms with van der Waals surface area (Å²) in [5.41, 5.74) is 0. The smallest absolute Gasteiger partial charge is 0.0936 e. The van der Waals surface area contributed by atoms with E-state index in [9.17, 15) is 4.39 Å². The average molecular weight is 189 g/mol. The first-order valence-electron chi connectivity index (χ1n) is 5.11. The summed E-state index contributed by atoms with van der Waals surface area (Å²) in [6.45, 7) is 1.99. The van der Waals surface area contributed by atoms with Crippen molar-refractivity contribution in [3.63, 3.8) is 0 Å². The van der Waals surface area contributed by atoms with E-state index < -0.39 is 0 Å². The molecule has 1 saturated heterocycles. The van der Waals surface area contributed by atoms with Crippen molar-refractivity contribution in [2.24, 2.45) is 5.92 Å². The fourth-order valence-electron chi connectivity index (χ4n) is 2.08. The first-order valence-corrected chi connectivity index (χ1v) is 5.11. The van der Waals surface area contributed by atoms with Crippen molar-refractivity contribution in [1.29, 1.82) is 0 Å². The molecule has 1 aliphatic rings. The molecule has 0 radical (unpaired) electrons. The normalized spacial score (nSPS) is 29.5. The molecule has 1 aliphatic heterocycles. The lowest BCUT2D eigenvalue weighted by Gasteiger charge is -2.27. The van der Waals surface area contributed by atoms with Crippen LogP contribution in [0.2, 0.25) is 0 Å². The molecule has 0 aliphatic carbocycles. The lowest BCUT2D eigenvalue weighted by molar-refractivity contribution is -0.871. The van der Waals surface area contributed by atoms with Gasteiger partial charge < -0.3 is 9.80 Å². The van der Waals surface area contributed by atoms with Gasteiger partial charge in [0.05, 0.1) is 40.4 Å². The molecule has 2 nitrogen and oxygen atoms in total. The van der Waals surface area contributed by atoms with Gasteiger partial charge in [-0.1, -0.05) is 0 Å². The standard InChI is InChI=1S/C10H22FN2/c1-13(2,3)8-10-6-9(4-5-11)7-12-10/h9-10,12H,4-8H2,1-3H3/q+1. The molecule has 3 heteroatoms. The lowest BCUT2D eigenvalue weighted by Crippen LogP contribution is -2.44. The summed E-state index contributed by atoms with van der Waals surface area (Å²) in [4.78, 5) is 0. The Morgan fingerprint density at radius 1 is 1.38 bits per heavy atom. The highest BCUT2D eigenvalue weighted by atomic mass is 19.1. The molecule has 0 aromatic carbocycles. The zero-order chi connectivity index (χ0) is 9.90. The van der Waals surface area contributed by atoms with E-state index in [4.69, 9.17) is 0 Å². The van der Waals surface area contributed by atoms with Gasteiger partial charge in [0.1, 0.15) is 0 Å². The van der Waals surface area contributed by atoms with E-state index in [2.05, 4.69) is 26.5 Å². The van der Waals surface area contributed by atoms with Gasteiger partial charge in [-0.2, -0.15) is 0 Å². The Hall–Kier alpha value is -0.150. The number of alkyl halides is 1.